The second-order valence-electron chi connectivity index (χ2n) is 9.59. The lowest BCUT2D eigenvalue weighted by atomic mass is 9.94. The van der Waals surface area contributed by atoms with Crippen LogP contribution in [0, 0.1) is 5.92 Å². The smallest absolute Gasteiger partial charge is 0.0234 e. The van der Waals surface area contributed by atoms with Crippen molar-refractivity contribution in [2.24, 2.45) is 5.92 Å². The molecule has 0 saturated carbocycles. The molecule has 0 aliphatic carbocycles. The van der Waals surface area contributed by atoms with Gasteiger partial charge in [0, 0.05) is 0 Å². The number of hydrogen-bond donors (Lipinski definition) is 0. The molecule has 0 aromatic rings. The van der Waals surface area contributed by atoms with Gasteiger partial charge in [0.25, 0.3) is 0 Å². The van der Waals surface area contributed by atoms with E-state index in [1.165, 1.54) is 135 Å². The molecule has 0 bridgehead atoms. The van der Waals surface area contributed by atoms with E-state index in [1.807, 2.05) is 0 Å². The van der Waals surface area contributed by atoms with Crippen LogP contribution in [-0.4, -0.2) is 0 Å². The first-order valence-corrected chi connectivity index (χ1v) is 14.1. The van der Waals surface area contributed by atoms with Crippen molar-refractivity contribution >= 4 is 0 Å². The minimum Gasteiger partial charge on any atom is -0.0883 e. The molecule has 0 aromatic heterocycles. The molecule has 0 spiro atoms. The molecule has 0 rings (SSSR count). The fourth-order valence-electron chi connectivity index (χ4n) is 4.30. The van der Waals surface area contributed by atoms with Gasteiger partial charge in [0.1, 0.15) is 0 Å². The maximum atomic E-state index is 2.60. The molecule has 0 radical (unpaired) electrons. The SMILES string of the molecule is CCCCCCC/C=C/C(CCCC)CCCCCCC=C(CCCC)CCCC. The summed E-state index contributed by atoms with van der Waals surface area (Å²) in [6, 6.07) is 0. The van der Waals surface area contributed by atoms with Gasteiger partial charge in [-0.25, -0.2) is 0 Å². The van der Waals surface area contributed by atoms with Gasteiger partial charge in [-0.15, -0.1) is 0 Å². The van der Waals surface area contributed by atoms with Crippen molar-refractivity contribution in [1.82, 2.24) is 0 Å². The quantitative estimate of drug-likeness (QED) is 0.114. The minimum atomic E-state index is 0.843. The third-order valence-electron chi connectivity index (χ3n) is 6.48. The summed E-state index contributed by atoms with van der Waals surface area (Å²) >= 11 is 0. The Kier molecular flexibility index (Phi) is 24.3. The van der Waals surface area contributed by atoms with E-state index in [9.17, 15) is 0 Å². The minimum absolute atomic E-state index is 0.843. The first-order valence-electron chi connectivity index (χ1n) is 14.1. The Morgan fingerprint density at radius 3 is 1.70 bits per heavy atom. The van der Waals surface area contributed by atoms with E-state index in [2.05, 4.69) is 45.9 Å². The standard InChI is InChI=1S/C30H58/c1-5-9-13-14-15-17-20-27-30(25-12-8-4)28-22-19-16-18-21-26-29(23-10-6-2)24-11-7-3/h20,26-27,30H,5-19,21-25,28H2,1-4H3/b27-20+. The predicted molar refractivity (Wildman–Crippen MR) is 140 cm³/mol. The number of unbranched alkanes of at least 4 members (excludes halogenated alkanes) is 12. The van der Waals surface area contributed by atoms with Crippen molar-refractivity contribution in [2.45, 2.75) is 163 Å². The van der Waals surface area contributed by atoms with Gasteiger partial charge in [-0.05, 0) is 70.1 Å². The summed E-state index contributed by atoms with van der Waals surface area (Å²) in [7, 11) is 0. The highest BCUT2D eigenvalue weighted by atomic mass is 14.1. The monoisotopic (exact) mass is 418 g/mol. The Hall–Kier alpha value is -0.520. The zero-order chi connectivity index (χ0) is 22.1. The molecule has 0 aromatic carbocycles. The third kappa shape index (κ3) is 20.7. The van der Waals surface area contributed by atoms with E-state index in [4.69, 9.17) is 0 Å². The fraction of sp³-hybridized carbons (Fsp3) is 0.867. The summed E-state index contributed by atoms with van der Waals surface area (Å²) in [5.74, 6) is 0.843. The van der Waals surface area contributed by atoms with E-state index in [0.717, 1.165) is 5.92 Å². The van der Waals surface area contributed by atoms with Crippen LogP contribution in [0.2, 0.25) is 0 Å². The predicted octanol–water partition coefficient (Wildman–Crippen LogP) is 11.4. The Morgan fingerprint density at radius 1 is 0.533 bits per heavy atom. The van der Waals surface area contributed by atoms with E-state index in [-0.39, 0.29) is 0 Å². The topological polar surface area (TPSA) is 0 Å². The van der Waals surface area contributed by atoms with Crippen molar-refractivity contribution in [1.29, 1.82) is 0 Å². The zero-order valence-electron chi connectivity index (χ0n) is 21.7. The molecule has 0 aliphatic heterocycles. The van der Waals surface area contributed by atoms with Crippen LogP contribution in [0.3, 0.4) is 0 Å². The average molecular weight is 419 g/mol. The lowest BCUT2D eigenvalue weighted by molar-refractivity contribution is 0.480. The molecular weight excluding hydrogens is 360 g/mol. The maximum Gasteiger partial charge on any atom is -0.0234 e. The van der Waals surface area contributed by atoms with Gasteiger partial charge in [-0.2, -0.15) is 0 Å². The summed E-state index contributed by atoms with van der Waals surface area (Å²) in [6.07, 6.45) is 36.7. The summed E-state index contributed by atoms with van der Waals surface area (Å²) in [6.45, 7) is 9.26. The number of allylic oxidation sites excluding steroid dienone is 4. The summed E-state index contributed by atoms with van der Waals surface area (Å²) in [5, 5.41) is 0. The van der Waals surface area contributed by atoms with Gasteiger partial charge in [-0.1, -0.05) is 122 Å². The first kappa shape index (κ1) is 29.5. The molecular formula is C30H58. The second-order valence-corrected chi connectivity index (χ2v) is 9.59. The highest BCUT2D eigenvalue weighted by molar-refractivity contribution is 5.01. The van der Waals surface area contributed by atoms with Crippen molar-refractivity contribution in [2.75, 3.05) is 0 Å². The highest BCUT2D eigenvalue weighted by Gasteiger charge is 2.04. The Balaban J connectivity index is 3.98. The van der Waals surface area contributed by atoms with Gasteiger partial charge in [0.2, 0.25) is 0 Å². The molecule has 1 unspecified atom stereocenters. The zero-order valence-corrected chi connectivity index (χ0v) is 21.7. The Labute approximate surface area is 192 Å². The van der Waals surface area contributed by atoms with E-state index >= 15 is 0 Å². The van der Waals surface area contributed by atoms with Crippen LogP contribution in [0.4, 0.5) is 0 Å². The first-order chi connectivity index (χ1) is 14.8. The third-order valence-corrected chi connectivity index (χ3v) is 6.48. The molecule has 0 N–H and O–H groups in total. The highest BCUT2D eigenvalue weighted by Crippen LogP contribution is 2.21. The lowest BCUT2D eigenvalue weighted by Crippen LogP contribution is -1.97. The molecule has 0 amide bonds. The molecule has 0 heterocycles. The van der Waals surface area contributed by atoms with Gasteiger partial charge in [-0.3, -0.25) is 0 Å². The van der Waals surface area contributed by atoms with Crippen LogP contribution in [0.15, 0.2) is 23.8 Å². The molecule has 0 nitrogen and oxygen atoms in total. The largest absolute Gasteiger partial charge is 0.0883 e. The molecule has 0 heteroatoms. The van der Waals surface area contributed by atoms with Gasteiger partial charge in [0.05, 0.1) is 0 Å². The van der Waals surface area contributed by atoms with Gasteiger partial charge in [0.15, 0.2) is 0 Å². The molecule has 178 valence electrons. The molecule has 0 saturated heterocycles. The molecule has 30 heavy (non-hydrogen) atoms. The number of rotatable bonds is 23. The van der Waals surface area contributed by atoms with Crippen molar-refractivity contribution < 1.29 is 0 Å². The van der Waals surface area contributed by atoms with Crippen LogP contribution in [0.5, 0.6) is 0 Å². The van der Waals surface area contributed by atoms with Gasteiger partial charge >= 0.3 is 0 Å². The van der Waals surface area contributed by atoms with Crippen LogP contribution < -0.4 is 0 Å². The summed E-state index contributed by atoms with van der Waals surface area (Å²) in [5.41, 5.74) is 1.75. The van der Waals surface area contributed by atoms with E-state index in [0.29, 0.717) is 0 Å². The molecule has 1 atom stereocenters. The average Bonchev–Trinajstić information content (AvgIpc) is 2.76. The molecule has 0 fully saturated rings. The molecule has 0 aliphatic rings. The van der Waals surface area contributed by atoms with Crippen LogP contribution in [-0.2, 0) is 0 Å². The number of hydrogen-bond acceptors (Lipinski definition) is 0. The van der Waals surface area contributed by atoms with E-state index < -0.39 is 0 Å². The summed E-state index contributed by atoms with van der Waals surface area (Å²) < 4.78 is 0. The van der Waals surface area contributed by atoms with Crippen LogP contribution >= 0.6 is 0 Å². The normalized spacial score (nSPS) is 12.5. The maximum absolute atomic E-state index is 2.60. The van der Waals surface area contributed by atoms with Crippen molar-refractivity contribution in [3.63, 3.8) is 0 Å². The van der Waals surface area contributed by atoms with E-state index in [1.54, 1.807) is 5.57 Å². The van der Waals surface area contributed by atoms with Crippen LogP contribution in [0.25, 0.3) is 0 Å². The van der Waals surface area contributed by atoms with Crippen molar-refractivity contribution in [3.05, 3.63) is 23.8 Å². The Morgan fingerprint density at radius 2 is 1.07 bits per heavy atom. The lowest BCUT2D eigenvalue weighted by Gasteiger charge is -2.12. The summed E-state index contributed by atoms with van der Waals surface area (Å²) in [4.78, 5) is 0. The van der Waals surface area contributed by atoms with Crippen LogP contribution in [0.1, 0.15) is 163 Å². The second kappa shape index (κ2) is 24.7. The Bertz CT molecular complexity index is 365. The van der Waals surface area contributed by atoms with Crippen molar-refractivity contribution in [3.8, 4) is 0 Å². The van der Waals surface area contributed by atoms with Gasteiger partial charge < -0.3 is 0 Å². The fourth-order valence-corrected chi connectivity index (χ4v) is 4.30.